The number of nitrogens with zero attached hydrogens (tertiary/aromatic N) is 4. The summed E-state index contributed by atoms with van der Waals surface area (Å²) >= 11 is 0. The molecule has 1 amide bonds. The number of halogens is 1. The van der Waals surface area contributed by atoms with Crippen LogP contribution in [0.5, 0.6) is 5.75 Å². The first kappa shape index (κ1) is 21.8. The summed E-state index contributed by atoms with van der Waals surface area (Å²) in [6.45, 7) is 0.0601. The lowest BCUT2D eigenvalue weighted by molar-refractivity contribution is 0.0489. The summed E-state index contributed by atoms with van der Waals surface area (Å²) in [7, 11) is 3.30. The molecule has 0 radical (unpaired) electrons. The van der Waals surface area contributed by atoms with Gasteiger partial charge in [0, 0.05) is 31.3 Å². The fourth-order valence-electron chi connectivity index (χ4n) is 4.68. The van der Waals surface area contributed by atoms with E-state index in [1.54, 1.807) is 36.2 Å². The van der Waals surface area contributed by atoms with E-state index in [9.17, 15) is 9.90 Å². The highest BCUT2D eigenvalue weighted by atomic mass is 19.1. The van der Waals surface area contributed by atoms with Crippen LogP contribution in [0.15, 0.2) is 30.3 Å². The Balaban J connectivity index is 1.55. The zero-order valence-electron chi connectivity index (χ0n) is 17.9. The Hall–Kier alpha value is -3.38. The summed E-state index contributed by atoms with van der Waals surface area (Å²) in [4.78, 5) is 14.6. The molecule has 1 N–H and O–H groups in total. The normalized spacial score (nSPS) is 24.1. The molecule has 168 valence electrons. The number of anilines is 1. The number of amides is 1. The number of alkyl halides is 1. The molecule has 0 saturated carbocycles. The van der Waals surface area contributed by atoms with Crippen molar-refractivity contribution in [1.82, 2.24) is 15.1 Å². The van der Waals surface area contributed by atoms with Gasteiger partial charge in [-0.2, -0.15) is 0 Å². The average molecular weight is 440 g/mol. The minimum atomic E-state index is -1.29. The summed E-state index contributed by atoms with van der Waals surface area (Å²) in [5, 5.41) is 18.0. The lowest BCUT2D eigenvalue weighted by Gasteiger charge is -2.43. The maximum atomic E-state index is 15.2. The van der Waals surface area contributed by atoms with E-state index in [1.807, 2.05) is 6.07 Å². The van der Waals surface area contributed by atoms with Gasteiger partial charge in [-0.15, -0.1) is 16.6 Å². The van der Waals surface area contributed by atoms with Gasteiger partial charge in [0.25, 0.3) is 0 Å². The average Bonchev–Trinajstić information content (AvgIpc) is 3.17. The van der Waals surface area contributed by atoms with Crippen LogP contribution in [0, 0.1) is 12.3 Å². The molecule has 1 aromatic heterocycles. The predicted molar refractivity (Wildman–Crippen MR) is 116 cm³/mol. The molecule has 2 bridgehead atoms. The van der Waals surface area contributed by atoms with E-state index in [4.69, 9.17) is 15.9 Å². The Morgan fingerprint density at radius 2 is 2.16 bits per heavy atom. The van der Waals surface area contributed by atoms with Crippen LogP contribution in [0.3, 0.4) is 0 Å². The molecule has 1 aromatic carbocycles. The highest BCUT2D eigenvalue weighted by molar-refractivity contribution is 5.69. The van der Waals surface area contributed by atoms with Crippen molar-refractivity contribution in [1.29, 1.82) is 0 Å². The zero-order valence-corrected chi connectivity index (χ0v) is 17.9. The number of hydrogen-bond acceptors (Lipinski definition) is 6. The van der Waals surface area contributed by atoms with Crippen LogP contribution in [0.2, 0.25) is 0 Å². The Kier molecular flexibility index (Phi) is 6.15. The highest BCUT2D eigenvalue weighted by Crippen LogP contribution is 2.40. The molecule has 2 aliphatic rings. The molecule has 32 heavy (non-hydrogen) atoms. The Morgan fingerprint density at radius 1 is 1.34 bits per heavy atom. The van der Waals surface area contributed by atoms with Crippen molar-refractivity contribution >= 4 is 11.9 Å². The van der Waals surface area contributed by atoms with E-state index in [2.05, 4.69) is 16.1 Å². The number of carbonyl (C=O) groups is 1. The second-order valence-corrected chi connectivity index (χ2v) is 8.03. The van der Waals surface area contributed by atoms with Gasteiger partial charge in [-0.25, -0.2) is 9.18 Å². The number of benzene rings is 1. The molecule has 8 nitrogen and oxygen atoms in total. The van der Waals surface area contributed by atoms with E-state index in [-0.39, 0.29) is 12.8 Å². The predicted octanol–water partition coefficient (Wildman–Crippen LogP) is 3.17. The number of rotatable bonds is 6. The third-order valence-electron chi connectivity index (χ3n) is 6.28. The van der Waals surface area contributed by atoms with Gasteiger partial charge >= 0.3 is 6.09 Å². The molecule has 4 rings (SSSR count). The molecule has 2 fully saturated rings. The summed E-state index contributed by atoms with van der Waals surface area (Å²) in [6.07, 6.45) is 4.80. The smallest absolute Gasteiger partial charge is 0.407 e. The fraction of sp³-hybridized carbons (Fsp3) is 0.435. The van der Waals surface area contributed by atoms with Crippen LogP contribution in [-0.4, -0.2) is 71.5 Å². The van der Waals surface area contributed by atoms with Crippen LogP contribution in [-0.2, 0) is 4.74 Å². The largest absolute Gasteiger partial charge is 0.467 e. The first-order valence-electron chi connectivity index (χ1n) is 10.4. The van der Waals surface area contributed by atoms with Crippen molar-refractivity contribution in [3.63, 3.8) is 0 Å². The number of ether oxygens (including phenoxy) is 2. The van der Waals surface area contributed by atoms with Gasteiger partial charge in [-0.1, -0.05) is 5.92 Å². The summed E-state index contributed by atoms with van der Waals surface area (Å²) in [5.41, 5.74) is 1.95. The summed E-state index contributed by atoms with van der Waals surface area (Å²) in [6, 6.07) is 7.66. The van der Waals surface area contributed by atoms with Crippen LogP contribution in [0.1, 0.15) is 24.8 Å². The minimum Gasteiger partial charge on any atom is -0.467 e. The molecular formula is C23H25FN4O4. The first-order chi connectivity index (χ1) is 15.4. The van der Waals surface area contributed by atoms with Crippen LogP contribution < -0.4 is 9.64 Å². The maximum Gasteiger partial charge on any atom is 0.407 e. The number of aromatic nitrogens is 2. The van der Waals surface area contributed by atoms with E-state index in [1.165, 1.54) is 12.0 Å². The second-order valence-electron chi connectivity index (χ2n) is 8.03. The summed E-state index contributed by atoms with van der Waals surface area (Å²) < 4.78 is 25.9. The third-order valence-corrected chi connectivity index (χ3v) is 6.28. The quantitative estimate of drug-likeness (QED) is 0.545. The van der Waals surface area contributed by atoms with Crippen LogP contribution in [0.4, 0.5) is 15.0 Å². The maximum absolute atomic E-state index is 15.2. The van der Waals surface area contributed by atoms with E-state index in [0.717, 1.165) is 0 Å². The number of carboxylic acid groups (broad SMARTS) is 1. The van der Waals surface area contributed by atoms with Gasteiger partial charge in [0.15, 0.2) is 12.6 Å². The van der Waals surface area contributed by atoms with Crippen molar-refractivity contribution in [2.75, 3.05) is 25.9 Å². The number of hydrogen-bond donors (Lipinski definition) is 1. The van der Waals surface area contributed by atoms with Crippen LogP contribution >= 0.6 is 0 Å². The van der Waals surface area contributed by atoms with Crippen molar-refractivity contribution in [2.24, 2.45) is 0 Å². The second kappa shape index (κ2) is 9.01. The standard InChI is InChI=1S/C23H25FN4O4/c1-4-14-5-7-16(20(11-14)32-13-31-3)17-8-10-21(26-25-17)27(2)19-12-15-6-9-18(22(19)24)28(15)23(29)30/h1,5,7-8,10-11,15,18-19,22H,6,9,12-13H2,2-3H3,(H,29,30)/t15-,18+,19-,22+/m1/s1. The lowest BCUT2D eigenvalue weighted by atomic mass is 9.94. The zero-order chi connectivity index (χ0) is 22.8. The van der Waals surface area contributed by atoms with Crippen LogP contribution in [0.25, 0.3) is 11.3 Å². The van der Waals surface area contributed by atoms with Crippen molar-refractivity contribution in [3.8, 4) is 29.4 Å². The molecule has 2 aliphatic heterocycles. The molecule has 2 aromatic rings. The highest BCUT2D eigenvalue weighted by Gasteiger charge is 2.51. The molecule has 3 heterocycles. The number of terminal acetylenes is 1. The molecular weight excluding hydrogens is 415 g/mol. The molecule has 9 heteroatoms. The van der Waals surface area contributed by atoms with E-state index in [0.29, 0.717) is 47.7 Å². The Morgan fingerprint density at radius 3 is 2.81 bits per heavy atom. The van der Waals surface area contributed by atoms with Crippen molar-refractivity contribution in [3.05, 3.63) is 35.9 Å². The third kappa shape index (κ3) is 3.94. The number of fused-ring (bicyclic) bond motifs is 2. The monoisotopic (exact) mass is 440 g/mol. The SMILES string of the molecule is C#Cc1ccc(-c2ccc(N(C)[C@@H]3C[C@H]4CC[C@@H]([C@@H]3F)N4C(=O)O)nn2)c(OCOC)c1. The number of methoxy groups -OCH3 is 1. The Labute approximate surface area is 185 Å². The van der Waals surface area contributed by atoms with Crippen molar-refractivity contribution < 1.29 is 23.8 Å². The van der Waals surface area contributed by atoms with E-state index >= 15 is 4.39 Å². The first-order valence-corrected chi connectivity index (χ1v) is 10.4. The topological polar surface area (TPSA) is 88.0 Å². The van der Waals surface area contributed by atoms with E-state index < -0.39 is 24.3 Å². The lowest BCUT2D eigenvalue weighted by Crippen LogP contribution is -2.58. The molecule has 0 spiro atoms. The van der Waals surface area contributed by atoms with Gasteiger partial charge in [0.2, 0.25) is 0 Å². The van der Waals surface area contributed by atoms with Gasteiger partial charge in [-0.05, 0) is 49.6 Å². The molecule has 2 saturated heterocycles. The fourth-order valence-corrected chi connectivity index (χ4v) is 4.68. The van der Waals surface area contributed by atoms with Gasteiger partial charge in [-0.3, -0.25) is 4.90 Å². The van der Waals surface area contributed by atoms with Gasteiger partial charge < -0.3 is 19.5 Å². The van der Waals surface area contributed by atoms with Gasteiger partial charge in [0.05, 0.1) is 17.8 Å². The van der Waals surface area contributed by atoms with Gasteiger partial charge in [0.1, 0.15) is 11.9 Å². The molecule has 0 aliphatic carbocycles. The molecule has 4 atom stereocenters. The molecule has 0 unspecified atom stereocenters. The Bertz CT molecular complexity index is 1030. The van der Waals surface area contributed by atoms with Crippen molar-refractivity contribution in [2.45, 2.75) is 43.6 Å². The number of piperidine rings is 1. The summed E-state index contributed by atoms with van der Waals surface area (Å²) in [5.74, 6) is 3.61. The minimum absolute atomic E-state index is 0.0601.